The van der Waals surface area contributed by atoms with Gasteiger partial charge in [-0.2, -0.15) is 13.2 Å². The second kappa shape index (κ2) is 6.59. The molecule has 2 nitrogen and oxygen atoms in total. The first-order chi connectivity index (χ1) is 9.46. The molecule has 1 N–H and O–H groups in total. The molecule has 0 spiro atoms. The largest absolute Gasteiger partial charge is 0.390 e. The van der Waals surface area contributed by atoms with E-state index in [0.29, 0.717) is 18.8 Å². The van der Waals surface area contributed by atoms with E-state index in [0.717, 1.165) is 6.42 Å². The highest BCUT2D eigenvalue weighted by Gasteiger charge is 2.34. The lowest BCUT2D eigenvalue weighted by atomic mass is 9.96. The molecule has 112 valence electrons. The van der Waals surface area contributed by atoms with Crippen LogP contribution < -0.4 is 5.32 Å². The fourth-order valence-electron chi connectivity index (χ4n) is 2.59. The van der Waals surface area contributed by atoms with Crippen LogP contribution in [0.5, 0.6) is 0 Å². The Balaban J connectivity index is 2.06. The van der Waals surface area contributed by atoms with Crippen LogP contribution in [0.3, 0.4) is 0 Å². The minimum absolute atomic E-state index is 0.00468. The molecule has 0 amide bonds. The predicted molar refractivity (Wildman–Crippen MR) is 71.4 cm³/mol. The van der Waals surface area contributed by atoms with Gasteiger partial charge in [0.15, 0.2) is 0 Å². The van der Waals surface area contributed by atoms with E-state index in [4.69, 9.17) is 4.74 Å². The normalized spacial score (nSPS) is 22.7. The van der Waals surface area contributed by atoms with E-state index in [1.54, 1.807) is 24.3 Å². The number of ether oxygens (including phenoxy) is 1. The number of nitrogens with one attached hydrogen (secondary N) is 1. The monoisotopic (exact) mass is 287 g/mol. The molecule has 1 saturated heterocycles. The summed E-state index contributed by atoms with van der Waals surface area (Å²) in [5.74, 6) is 0.287. The minimum atomic E-state index is -4.18. The Hall–Kier alpha value is -1.07. The first-order valence-corrected chi connectivity index (χ1v) is 6.91. The number of rotatable bonds is 5. The van der Waals surface area contributed by atoms with Crippen molar-refractivity contribution in [3.8, 4) is 0 Å². The van der Waals surface area contributed by atoms with E-state index in [1.165, 1.54) is 0 Å². The van der Waals surface area contributed by atoms with Gasteiger partial charge in [0.1, 0.15) is 0 Å². The summed E-state index contributed by atoms with van der Waals surface area (Å²) < 4.78 is 43.6. The van der Waals surface area contributed by atoms with Crippen molar-refractivity contribution < 1.29 is 17.9 Å². The zero-order valence-corrected chi connectivity index (χ0v) is 11.5. The number of alkyl halides is 3. The van der Waals surface area contributed by atoms with Crippen molar-refractivity contribution in [1.29, 1.82) is 0 Å². The van der Waals surface area contributed by atoms with Crippen LogP contribution in [0.25, 0.3) is 0 Å². The Morgan fingerprint density at radius 2 is 2.00 bits per heavy atom. The van der Waals surface area contributed by atoms with Gasteiger partial charge in [0.25, 0.3) is 0 Å². The molecule has 0 saturated carbocycles. The molecule has 3 atom stereocenters. The fourth-order valence-corrected chi connectivity index (χ4v) is 2.59. The third-order valence-electron chi connectivity index (χ3n) is 3.77. The summed E-state index contributed by atoms with van der Waals surface area (Å²) in [5.41, 5.74) is 0.676. The molecule has 1 heterocycles. The maximum atomic E-state index is 12.8. The van der Waals surface area contributed by atoms with Crippen LogP contribution in [-0.4, -0.2) is 25.4 Å². The van der Waals surface area contributed by atoms with Gasteiger partial charge in [-0.1, -0.05) is 30.3 Å². The Bertz CT molecular complexity index is 401. The molecule has 0 aromatic heterocycles. The quantitative estimate of drug-likeness (QED) is 0.891. The van der Waals surface area contributed by atoms with Crippen molar-refractivity contribution in [2.45, 2.75) is 38.0 Å². The van der Waals surface area contributed by atoms with Crippen LogP contribution >= 0.6 is 0 Å². The van der Waals surface area contributed by atoms with E-state index in [1.807, 2.05) is 13.0 Å². The number of hydrogen-bond acceptors (Lipinski definition) is 2. The molecule has 1 aliphatic rings. The molecule has 3 unspecified atom stereocenters. The lowest BCUT2D eigenvalue weighted by Gasteiger charge is -2.27. The molecule has 0 radical (unpaired) electrons. The van der Waals surface area contributed by atoms with E-state index < -0.39 is 18.6 Å². The van der Waals surface area contributed by atoms with Gasteiger partial charge in [0, 0.05) is 18.7 Å². The second-order valence-electron chi connectivity index (χ2n) is 5.36. The molecule has 1 aliphatic heterocycles. The summed E-state index contributed by atoms with van der Waals surface area (Å²) >= 11 is 0. The van der Waals surface area contributed by atoms with Crippen molar-refractivity contribution in [2.75, 3.05) is 13.2 Å². The van der Waals surface area contributed by atoms with E-state index >= 15 is 0 Å². The molecular formula is C15H20F3NO. The maximum absolute atomic E-state index is 12.8. The maximum Gasteiger partial charge on any atom is 0.390 e. The Kier molecular flexibility index (Phi) is 5.05. The Morgan fingerprint density at radius 3 is 2.55 bits per heavy atom. The lowest BCUT2D eigenvalue weighted by Crippen LogP contribution is -2.38. The van der Waals surface area contributed by atoms with Crippen molar-refractivity contribution in [3.05, 3.63) is 35.9 Å². The first-order valence-electron chi connectivity index (χ1n) is 6.91. The van der Waals surface area contributed by atoms with Gasteiger partial charge in [-0.15, -0.1) is 0 Å². The van der Waals surface area contributed by atoms with E-state index in [9.17, 15) is 13.2 Å². The third kappa shape index (κ3) is 4.49. The molecule has 1 aromatic carbocycles. The summed E-state index contributed by atoms with van der Waals surface area (Å²) in [7, 11) is 0. The molecule has 1 aromatic rings. The van der Waals surface area contributed by atoms with Crippen molar-refractivity contribution in [3.63, 3.8) is 0 Å². The minimum Gasteiger partial charge on any atom is -0.381 e. The summed E-state index contributed by atoms with van der Waals surface area (Å²) in [4.78, 5) is 0. The van der Waals surface area contributed by atoms with Crippen LogP contribution in [0.1, 0.15) is 31.4 Å². The highest BCUT2D eigenvalue weighted by Crippen LogP contribution is 2.31. The Morgan fingerprint density at radius 1 is 1.30 bits per heavy atom. The SMILES string of the molecule is CC(NC(CC(F)(F)F)c1ccccc1)C1CCOC1. The standard InChI is InChI=1S/C15H20F3NO/c1-11(13-7-8-20-10-13)19-14(9-15(16,17)18)12-5-3-2-4-6-12/h2-6,11,13-14,19H,7-10H2,1H3. The predicted octanol–water partition coefficient (Wildman–Crippen LogP) is 3.69. The van der Waals surface area contributed by atoms with Crippen molar-refractivity contribution in [2.24, 2.45) is 5.92 Å². The van der Waals surface area contributed by atoms with Gasteiger partial charge in [0.2, 0.25) is 0 Å². The second-order valence-corrected chi connectivity index (χ2v) is 5.36. The fraction of sp³-hybridized carbons (Fsp3) is 0.600. The van der Waals surface area contributed by atoms with Gasteiger partial charge in [-0.25, -0.2) is 0 Å². The van der Waals surface area contributed by atoms with Crippen LogP contribution in [0, 0.1) is 5.92 Å². The van der Waals surface area contributed by atoms with E-state index in [2.05, 4.69) is 5.32 Å². The highest BCUT2D eigenvalue weighted by atomic mass is 19.4. The zero-order chi connectivity index (χ0) is 14.6. The molecular weight excluding hydrogens is 267 g/mol. The average molecular weight is 287 g/mol. The molecule has 1 fully saturated rings. The first kappa shape index (κ1) is 15.3. The number of benzene rings is 1. The molecule has 20 heavy (non-hydrogen) atoms. The third-order valence-corrected chi connectivity index (χ3v) is 3.77. The average Bonchev–Trinajstić information content (AvgIpc) is 2.91. The summed E-state index contributed by atoms with van der Waals surface area (Å²) in [6, 6.07) is 8.12. The van der Waals surface area contributed by atoms with Gasteiger partial charge in [0.05, 0.1) is 13.0 Å². The van der Waals surface area contributed by atoms with E-state index in [-0.39, 0.29) is 12.0 Å². The van der Waals surface area contributed by atoms with Crippen LogP contribution in [0.2, 0.25) is 0 Å². The highest BCUT2D eigenvalue weighted by molar-refractivity contribution is 5.19. The van der Waals surface area contributed by atoms with Gasteiger partial charge < -0.3 is 10.1 Å². The van der Waals surface area contributed by atoms with Gasteiger partial charge in [-0.05, 0) is 24.8 Å². The topological polar surface area (TPSA) is 21.3 Å². The van der Waals surface area contributed by atoms with Crippen LogP contribution in [0.15, 0.2) is 30.3 Å². The number of halogens is 3. The van der Waals surface area contributed by atoms with Crippen LogP contribution in [-0.2, 0) is 4.74 Å². The Labute approximate surface area is 117 Å². The molecule has 0 aliphatic carbocycles. The summed E-state index contributed by atoms with van der Waals surface area (Å²) in [6.45, 7) is 3.26. The summed E-state index contributed by atoms with van der Waals surface area (Å²) in [6.07, 6.45) is -4.13. The van der Waals surface area contributed by atoms with Crippen LogP contribution in [0.4, 0.5) is 13.2 Å². The molecule has 5 heteroatoms. The zero-order valence-electron chi connectivity index (χ0n) is 11.5. The van der Waals surface area contributed by atoms with Gasteiger partial charge in [-0.3, -0.25) is 0 Å². The van der Waals surface area contributed by atoms with Crippen molar-refractivity contribution >= 4 is 0 Å². The molecule has 0 bridgehead atoms. The lowest BCUT2D eigenvalue weighted by molar-refractivity contribution is -0.141. The number of hydrogen-bond donors (Lipinski definition) is 1. The van der Waals surface area contributed by atoms with Crippen molar-refractivity contribution in [1.82, 2.24) is 5.32 Å². The summed E-state index contributed by atoms with van der Waals surface area (Å²) in [5, 5.41) is 3.13. The smallest absolute Gasteiger partial charge is 0.381 e. The molecule has 2 rings (SSSR count). The van der Waals surface area contributed by atoms with Gasteiger partial charge >= 0.3 is 6.18 Å².